The quantitative estimate of drug-likeness (QED) is 0.219. The summed E-state index contributed by atoms with van der Waals surface area (Å²) >= 11 is 0. The molecule has 2 heterocycles. The van der Waals surface area contributed by atoms with Crippen LogP contribution in [0.1, 0.15) is 5.82 Å². The molecule has 9 rings (SSSR count). The number of imidazole rings is 1. The number of hydrogen-bond donors (Lipinski definition) is 0. The van der Waals surface area contributed by atoms with Crippen molar-refractivity contribution in [1.82, 2.24) is 9.55 Å². The number of para-hydroxylation sites is 3. The Morgan fingerprint density at radius 2 is 1.28 bits per heavy atom. The molecule has 0 saturated carbocycles. The largest absolute Gasteiger partial charge is 0.456 e. The lowest BCUT2D eigenvalue weighted by molar-refractivity contribution is 0.487. The molecular formula is C40H26N2O. The summed E-state index contributed by atoms with van der Waals surface area (Å²) in [5.41, 5.74) is 10.4. The molecule has 0 N–H and O–H groups in total. The van der Waals surface area contributed by atoms with E-state index in [1.807, 2.05) is 18.2 Å². The van der Waals surface area contributed by atoms with Crippen molar-refractivity contribution in [2.45, 2.75) is 6.92 Å². The van der Waals surface area contributed by atoms with Gasteiger partial charge in [0.2, 0.25) is 0 Å². The molecule has 8 aromatic rings. The molecule has 0 aliphatic carbocycles. The van der Waals surface area contributed by atoms with E-state index >= 15 is 0 Å². The van der Waals surface area contributed by atoms with Crippen molar-refractivity contribution in [2.24, 2.45) is 0 Å². The Kier molecular flexibility index (Phi) is 5.11. The van der Waals surface area contributed by atoms with E-state index in [1.54, 1.807) is 0 Å². The molecule has 202 valence electrons. The highest BCUT2D eigenvalue weighted by atomic mass is 16.5. The predicted molar refractivity (Wildman–Crippen MR) is 177 cm³/mol. The van der Waals surface area contributed by atoms with Gasteiger partial charge in [0.05, 0.1) is 11.0 Å². The van der Waals surface area contributed by atoms with Crippen molar-refractivity contribution in [1.29, 1.82) is 0 Å². The molecule has 0 saturated heterocycles. The minimum Gasteiger partial charge on any atom is -0.456 e. The molecule has 1 aliphatic heterocycles. The summed E-state index contributed by atoms with van der Waals surface area (Å²) in [6.45, 7) is 2.07. The third-order valence-corrected chi connectivity index (χ3v) is 8.72. The van der Waals surface area contributed by atoms with Crippen LogP contribution in [0.25, 0.3) is 71.6 Å². The summed E-state index contributed by atoms with van der Waals surface area (Å²) in [5, 5.41) is 4.82. The van der Waals surface area contributed by atoms with Crippen LogP contribution in [0.2, 0.25) is 0 Å². The van der Waals surface area contributed by atoms with Crippen molar-refractivity contribution in [3.8, 4) is 50.6 Å². The Morgan fingerprint density at radius 3 is 2.21 bits per heavy atom. The average molecular weight is 551 g/mol. The molecule has 1 aromatic heterocycles. The lowest BCUT2D eigenvalue weighted by Gasteiger charge is -2.22. The smallest absolute Gasteiger partial charge is 0.135 e. The Bertz CT molecular complexity index is 2400. The first kappa shape index (κ1) is 24.0. The zero-order valence-electron chi connectivity index (χ0n) is 23.6. The van der Waals surface area contributed by atoms with Gasteiger partial charge in [-0.15, -0.1) is 0 Å². The van der Waals surface area contributed by atoms with Gasteiger partial charge in [0.15, 0.2) is 0 Å². The molecule has 7 aromatic carbocycles. The number of nitrogens with zero attached hydrogens (tertiary/aromatic N) is 2. The normalized spacial score (nSPS) is 12.0. The van der Waals surface area contributed by atoms with Crippen molar-refractivity contribution in [3.63, 3.8) is 0 Å². The molecule has 0 radical (unpaired) electrons. The first-order valence-electron chi connectivity index (χ1n) is 14.6. The first-order valence-corrected chi connectivity index (χ1v) is 14.6. The van der Waals surface area contributed by atoms with Crippen LogP contribution in [0.15, 0.2) is 140 Å². The number of ether oxygens (including phenoxy) is 1. The number of hydrogen-bond acceptors (Lipinski definition) is 2. The summed E-state index contributed by atoms with van der Waals surface area (Å²) in [5.74, 6) is 2.81. The minimum atomic E-state index is 0.913. The molecule has 0 unspecified atom stereocenters. The second kappa shape index (κ2) is 9.17. The molecule has 1 aliphatic rings. The Morgan fingerprint density at radius 1 is 0.535 bits per heavy atom. The topological polar surface area (TPSA) is 27.1 Å². The van der Waals surface area contributed by atoms with E-state index in [0.29, 0.717) is 0 Å². The Balaban J connectivity index is 1.12. The van der Waals surface area contributed by atoms with Crippen LogP contribution < -0.4 is 4.74 Å². The summed E-state index contributed by atoms with van der Waals surface area (Å²) in [7, 11) is 0. The lowest BCUT2D eigenvalue weighted by atomic mass is 9.90. The zero-order valence-corrected chi connectivity index (χ0v) is 23.6. The second-order valence-corrected chi connectivity index (χ2v) is 11.2. The molecule has 43 heavy (non-hydrogen) atoms. The highest BCUT2D eigenvalue weighted by molar-refractivity contribution is 6.10. The van der Waals surface area contributed by atoms with Crippen LogP contribution in [0.3, 0.4) is 0 Å². The van der Waals surface area contributed by atoms with Gasteiger partial charge in [-0.2, -0.15) is 0 Å². The van der Waals surface area contributed by atoms with Gasteiger partial charge < -0.3 is 4.74 Å². The molecule has 0 fully saturated rings. The molecule has 3 nitrogen and oxygen atoms in total. The monoisotopic (exact) mass is 550 g/mol. The van der Waals surface area contributed by atoms with Gasteiger partial charge in [0.1, 0.15) is 17.3 Å². The minimum absolute atomic E-state index is 0.913. The fourth-order valence-electron chi connectivity index (χ4n) is 6.72. The number of benzene rings is 7. The van der Waals surface area contributed by atoms with E-state index in [0.717, 1.165) is 39.6 Å². The van der Waals surface area contributed by atoms with Crippen LogP contribution in [0, 0.1) is 6.92 Å². The Hall–Kier alpha value is -5.67. The summed E-state index contributed by atoms with van der Waals surface area (Å²) in [4.78, 5) is 4.77. The molecular weight excluding hydrogens is 524 g/mol. The van der Waals surface area contributed by atoms with Gasteiger partial charge in [0.25, 0.3) is 0 Å². The molecule has 0 atom stereocenters. The van der Waals surface area contributed by atoms with Crippen molar-refractivity contribution < 1.29 is 4.74 Å². The van der Waals surface area contributed by atoms with Gasteiger partial charge in [-0.05, 0) is 99.4 Å². The van der Waals surface area contributed by atoms with E-state index in [2.05, 4.69) is 133 Å². The van der Waals surface area contributed by atoms with Gasteiger partial charge in [-0.3, -0.25) is 4.57 Å². The van der Waals surface area contributed by atoms with Crippen LogP contribution in [0.4, 0.5) is 0 Å². The molecule has 0 bridgehead atoms. The number of aryl methyl sites for hydroxylation is 1. The number of fused-ring (bicyclic) bond motifs is 4. The summed E-state index contributed by atoms with van der Waals surface area (Å²) in [6.07, 6.45) is 0. The summed E-state index contributed by atoms with van der Waals surface area (Å²) in [6, 6.07) is 49.7. The summed E-state index contributed by atoms with van der Waals surface area (Å²) < 4.78 is 8.55. The van der Waals surface area contributed by atoms with Crippen LogP contribution >= 0.6 is 0 Å². The molecule has 0 amide bonds. The highest BCUT2D eigenvalue weighted by Gasteiger charge is 2.21. The van der Waals surface area contributed by atoms with Crippen LogP contribution in [0.5, 0.6) is 11.5 Å². The third kappa shape index (κ3) is 3.72. The van der Waals surface area contributed by atoms with E-state index in [4.69, 9.17) is 9.72 Å². The maximum atomic E-state index is 6.32. The van der Waals surface area contributed by atoms with Crippen LogP contribution in [-0.2, 0) is 0 Å². The lowest BCUT2D eigenvalue weighted by Crippen LogP contribution is -1.97. The van der Waals surface area contributed by atoms with Crippen LogP contribution in [-0.4, -0.2) is 9.55 Å². The number of rotatable bonds is 3. The molecule has 0 spiro atoms. The maximum Gasteiger partial charge on any atom is 0.135 e. The standard InChI is InChI=1S/C40H26N2O/c1-25-41-36-13-3-4-14-37(36)42(25)31-9-6-8-26(24-31)27-16-17-29-23-30(19-18-28(29)22-27)32-20-21-39-40-34(32)11-7-12-35(40)33-10-2-5-15-38(33)43-39/h2-24H,1H3. The average Bonchev–Trinajstić information content (AvgIpc) is 3.40. The first-order chi connectivity index (χ1) is 21.2. The molecule has 3 heteroatoms. The number of aromatic nitrogens is 2. The van der Waals surface area contributed by atoms with E-state index in [-0.39, 0.29) is 0 Å². The highest BCUT2D eigenvalue weighted by Crippen LogP contribution is 2.48. The van der Waals surface area contributed by atoms with E-state index < -0.39 is 0 Å². The van der Waals surface area contributed by atoms with E-state index in [1.165, 1.54) is 49.4 Å². The third-order valence-electron chi connectivity index (χ3n) is 8.72. The fraction of sp³-hybridized carbons (Fsp3) is 0.0250. The van der Waals surface area contributed by atoms with Crippen molar-refractivity contribution in [2.75, 3.05) is 0 Å². The van der Waals surface area contributed by atoms with E-state index in [9.17, 15) is 0 Å². The van der Waals surface area contributed by atoms with Crippen molar-refractivity contribution >= 4 is 32.6 Å². The second-order valence-electron chi connectivity index (χ2n) is 11.2. The maximum absolute atomic E-state index is 6.32. The predicted octanol–water partition coefficient (Wildman–Crippen LogP) is 10.7. The zero-order chi connectivity index (χ0) is 28.5. The Labute approximate surface area is 249 Å². The van der Waals surface area contributed by atoms with Gasteiger partial charge in [0, 0.05) is 16.6 Å². The SMILES string of the molecule is Cc1nc2ccccc2n1-c1cccc(-c2ccc3cc(-c4ccc5c6c(cccc46)-c4ccccc4O5)ccc3c2)c1. The van der Waals surface area contributed by atoms with Crippen molar-refractivity contribution in [3.05, 3.63) is 145 Å². The van der Waals surface area contributed by atoms with Gasteiger partial charge in [-0.25, -0.2) is 4.98 Å². The fourth-order valence-corrected chi connectivity index (χ4v) is 6.72. The van der Waals surface area contributed by atoms with Gasteiger partial charge >= 0.3 is 0 Å². The van der Waals surface area contributed by atoms with Gasteiger partial charge in [-0.1, -0.05) is 91.0 Å².